The maximum Gasteiger partial charge on any atom is 0.221 e. The molecule has 1 aliphatic rings. The number of amides is 1. The highest BCUT2D eigenvalue weighted by atomic mass is 127. The van der Waals surface area contributed by atoms with Crippen LogP contribution < -0.4 is 25.4 Å². The minimum absolute atomic E-state index is 0. The summed E-state index contributed by atoms with van der Waals surface area (Å²) in [5.41, 5.74) is 1.11. The average molecular weight is 578 g/mol. The number of methoxy groups -OCH3 is 2. The van der Waals surface area contributed by atoms with E-state index in [-0.39, 0.29) is 35.9 Å². The fourth-order valence-corrected chi connectivity index (χ4v) is 3.55. The van der Waals surface area contributed by atoms with E-state index in [1.165, 1.54) is 0 Å². The monoisotopic (exact) mass is 577 g/mol. The van der Waals surface area contributed by atoms with Crippen LogP contribution in [0, 0.1) is 0 Å². The lowest BCUT2D eigenvalue weighted by Gasteiger charge is -2.34. The number of benzene rings is 1. The molecule has 1 aromatic rings. The minimum atomic E-state index is 0. The number of nitrogens with zero attached hydrogens (tertiary/aromatic N) is 2. The summed E-state index contributed by atoms with van der Waals surface area (Å²) in [6.07, 6.45) is 1.34. The van der Waals surface area contributed by atoms with Crippen LogP contribution in [0.1, 0.15) is 38.3 Å². The standard InChI is InChI=1S/C23H39N5O4.HI/c1-5-10-25-22(29)9-11-26-23(24-6-2)27-17-19(28-12-14-32-15-13-28)18-7-8-20(30-3)21(16-18)31-4;/h7-8,16,19H,5-6,9-15,17H2,1-4H3,(H,25,29)(H2,24,26,27);1H. The van der Waals surface area contributed by atoms with Gasteiger partial charge in [-0.3, -0.25) is 14.7 Å². The average Bonchev–Trinajstić information content (AvgIpc) is 2.83. The Labute approximate surface area is 215 Å². The second-order valence-electron chi connectivity index (χ2n) is 7.52. The SMILES string of the molecule is CCCNC(=O)CCNC(=NCC(c1ccc(OC)c(OC)c1)N1CCOCC1)NCC.I. The van der Waals surface area contributed by atoms with Crippen LogP contribution in [-0.2, 0) is 9.53 Å². The van der Waals surface area contributed by atoms with Gasteiger partial charge < -0.3 is 30.2 Å². The largest absolute Gasteiger partial charge is 0.493 e. The molecule has 0 aliphatic carbocycles. The molecule has 0 radical (unpaired) electrons. The molecule has 10 heteroatoms. The van der Waals surface area contributed by atoms with Crippen molar-refractivity contribution in [3.05, 3.63) is 23.8 Å². The number of halogens is 1. The fraction of sp³-hybridized carbons (Fsp3) is 0.652. The van der Waals surface area contributed by atoms with Crippen LogP contribution >= 0.6 is 24.0 Å². The van der Waals surface area contributed by atoms with Gasteiger partial charge in [-0.15, -0.1) is 24.0 Å². The zero-order chi connectivity index (χ0) is 23.2. The van der Waals surface area contributed by atoms with Crippen molar-refractivity contribution in [1.29, 1.82) is 0 Å². The highest BCUT2D eigenvalue weighted by Crippen LogP contribution is 2.32. The number of hydrogen-bond donors (Lipinski definition) is 3. The second-order valence-corrected chi connectivity index (χ2v) is 7.52. The molecule has 0 bridgehead atoms. The molecular weight excluding hydrogens is 537 g/mol. The Balaban J connectivity index is 0.00000544. The molecule has 3 N–H and O–H groups in total. The Bertz CT molecular complexity index is 729. The van der Waals surface area contributed by atoms with E-state index in [4.69, 9.17) is 19.2 Å². The summed E-state index contributed by atoms with van der Waals surface area (Å²) in [6, 6.07) is 6.09. The summed E-state index contributed by atoms with van der Waals surface area (Å²) in [5, 5.41) is 9.43. The highest BCUT2D eigenvalue weighted by Gasteiger charge is 2.24. The Morgan fingerprint density at radius 2 is 1.82 bits per heavy atom. The molecule has 0 aromatic heterocycles. The summed E-state index contributed by atoms with van der Waals surface area (Å²) in [4.78, 5) is 19.1. The molecular formula is C23H40IN5O4. The van der Waals surface area contributed by atoms with Crippen LogP contribution in [0.2, 0.25) is 0 Å². The first-order chi connectivity index (χ1) is 15.6. The number of ether oxygens (including phenoxy) is 3. The van der Waals surface area contributed by atoms with Crippen LogP contribution in [0.4, 0.5) is 0 Å². The zero-order valence-electron chi connectivity index (χ0n) is 20.3. The van der Waals surface area contributed by atoms with E-state index in [9.17, 15) is 4.79 Å². The van der Waals surface area contributed by atoms with E-state index in [1.807, 2.05) is 26.0 Å². The molecule has 1 saturated heterocycles. The van der Waals surface area contributed by atoms with Crippen LogP contribution in [0.5, 0.6) is 11.5 Å². The van der Waals surface area contributed by atoms with E-state index in [2.05, 4.69) is 26.9 Å². The van der Waals surface area contributed by atoms with Crippen molar-refractivity contribution >= 4 is 35.8 Å². The van der Waals surface area contributed by atoms with Gasteiger partial charge in [-0.1, -0.05) is 13.0 Å². The Morgan fingerprint density at radius 3 is 2.45 bits per heavy atom. The molecule has 0 saturated carbocycles. The number of hydrogen-bond acceptors (Lipinski definition) is 6. The first kappa shape index (κ1) is 29.2. The smallest absolute Gasteiger partial charge is 0.221 e. The van der Waals surface area contributed by atoms with Crippen molar-refractivity contribution in [2.45, 2.75) is 32.7 Å². The van der Waals surface area contributed by atoms with Crippen LogP contribution in [-0.4, -0.2) is 83.5 Å². The molecule has 1 heterocycles. The van der Waals surface area contributed by atoms with Gasteiger partial charge in [-0.05, 0) is 31.0 Å². The molecule has 0 spiro atoms. The minimum Gasteiger partial charge on any atom is -0.493 e. The Morgan fingerprint density at radius 1 is 1.09 bits per heavy atom. The van der Waals surface area contributed by atoms with Crippen molar-refractivity contribution in [3.63, 3.8) is 0 Å². The number of morpholine rings is 1. The van der Waals surface area contributed by atoms with Crippen LogP contribution in [0.15, 0.2) is 23.2 Å². The molecule has 1 atom stereocenters. The first-order valence-electron chi connectivity index (χ1n) is 11.5. The highest BCUT2D eigenvalue weighted by molar-refractivity contribution is 14.0. The molecule has 1 fully saturated rings. The predicted octanol–water partition coefficient (Wildman–Crippen LogP) is 2.17. The second kappa shape index (κ2) is 16.8. The number of carbonyl (C=O) groups is 1. The molecule has 1 aromatic carbocycles. The molecule has 33 heavy (non-hydrogen) atoms. The first-order valence-corrected chi connectivity index (χ1v) is 11.5. The van der Waals surface area contributed by atoms with E-state index < -0.39 is 0 Å². The third-order valence-electron chi connectivity index (χ3n) is 5.26. The molecule has 1 amide bonds. The summed E-state index contributed by atoms with van der Waals surface area (Å²) in [7, 11) is 3.28. The van der Waals surface area contributed by atoms with Crippen molar-refractivity contribution in [2.24, 2.45) is 4.99 Å². The third-order valence-corrected chi connectivity index (χ3v) is 5.26. The normalized spacial score (nSPS) is 15.2. The number of rotatable bonds is 12. The quantitative estimate of drug-likeness (QED) is 0.199. The van der Waals surface area contributed by atoms with Crippen molar-refractivity contribution in [1.82, 2.24) is 20.9 Å². The van der Waals surface area contributed by atoms with Gasteiger partial charge in [-0.25, -0.2) is 0 Å². The topological polar surface area (TPSA) is 96.5 Å². The van der Waals surface area contributed by atoms with Crippen LogP contribution in [0.25, 0.3) is 0 Å². The molecule has 9 nitrogen and oxygen atoms in total. The predicted molar refractivity (Wildman–Crippen MR) is 142 cm³/mol. The van der Waals surface area contributed by atoms with Gasteiger partial charge in [-0.2, -0.15) is 0 Å². The van der Waals surface area contributed by atoms with Gasteiger partial charge in [0.05, 0.1) is 40.0 Å². The van der Waals surface area contributed by atoms with Gasteiger partial charge in [0.25, 0.3) is 0 Å². The maximum absolute atomic E-state index is 11.9. The number of nitrogens with one attached hydrogen (secondary N) is 3. The van der Waals surface area contributed by atoms with Crippen LogP contribution in [0.3, 0.4) is 0 Å². The number of guanidine groups is 1. The summed E-state index contributed by atoms with van der Waals surface area (Å²) in [5.74, 6) is 2.16. The lowest BCUT2D eigenvalue weighted by molar-refractivity contribution is -0.120. The zero-order valence-corrected chi connectivity index (χ0v) is 22.6. The summed E-state index contributed by atoms with van der Waals surface area (Å²) in [6.45, 7) is 9.71. The Hall–Kier alpha value is -1.79. The molecule has 188 valence electrons. The van der Waals surface area contributed by atoms with E-state index >= 15 is 0 Å². The van der Waals surface area contributed by atoms with Gasteiger partial charge in [0.1, 0.15) is 0 Å². The Kier molecular flexibility index (Phi) is 14.9. The molecule has 2 rings (SSSR count). The third kappa shape index (κ3) is 9.93. The van der Waals surface area contributed by atoms with Gasteiger partial charge in [0, 0.05) is 39.1 Å². The molecule has 1 aliphatic heterocycles. The molecule has 1 unspecified atom stereocenters. The van der Waals surface area contributed by atoms with E-state index in [1.54, 1.807) is 14.2 Å². The number of carbonyl (C=O) groups excluding carboxylic acids is 1. The van der Waals surface area contributed by atoms with Crippen molar-refractivity contribution in [2.75, 3.05) is 66.7 Å². The van der Waals surface area contributed by atoms with Crippen molar-refractivity contribution in [3.8, 4) is 11.5 Å². The lowest BCUT2D eigenvalue weighted by atomic mass is 10.0. The maximum atomic E-state index is 11.9. The van der Waals surface area contributed by atoms with Crippen molar-refractivity contribution < 1.29 is 19.0 Å². The summed E-state index contributed by atoms with van der Waals surface area (Å²) >= 11 is 0. The van der Waals surface area contributed by atoms with E-state index in [0.29, 0.717) is 56.7 Å². The van der Waals surface area contributed by atoms with Gasteiger partial charge in [0.2, 0.25) is 5.91 Å². The van der Waals surface area contributed by atoms with Gasteiger partial charge in [0.15, 0.2) is 17.5 Å². The number of aliphatic imine (C=N–C) groups is 1. The summed E-state index contributed by atoms with van der Waals surface area (Å²) < 4.78 is 16.5. The van der Waals surface area contributed by atoms with E-state index in [0.717, 1.165) is 31.6 Å². The van der Waals surface area contributed by atoms with Gasteiger partial charge >= 0.3 is 0 Å². The fourth-order valence-electron chi connectivity index (χ4n) is 3.55. The lowest BCUT2D eigenvalue weighted by Crippen LogP contribution is -2.42.